The zero-order valence-corrected chi connectivity index (χ0v) is 10.7. The number of aromatic nitrogens is 1. The van der Waals surface area contributed by atoms with Crippen molar-refractivity contribution in [3.8, 4) is 6.07 Å². The lowest BCUT2D eigenvalue weighted by Gasteiger charge is -2.26. The minimum absolute atomic E-state index is 0.106. The number of halogens is 1. The molecule has 0 atom stereocenters. The molecule has 1 fully saturated rings. The highest BCUT2D eigenvalue weighted by molar-refractivity contribution is 6.33. The number of hydrogen-bond acceptors (Lipinski definition) is 3. The molecule has 1 aliphatic rings. The van der Waals surface area contributed by atoms with Gasteiger partial charge in [-0.05, 0) is 18.9 Å². The van der Waals surface area contributed by atoms with Gasteiger partial charge in [-0.1, -0.05) is 24.4 Å². The zero-order chi connectivity index (χ0) is 13.0. The van der Waals surface area contributed by atoms with Crippen molar-refractivity contribution in [3.05, 3.63) is 29.0 Å². The first-order valence-corrected chi connectivity index (χ1v) is 6.39. The van der Waals surface area contributed by atoms with Gasteiger partial charge in [0.1, 0.15) is 6.54 Å². The number of rotatable bonds is 3. The molecule has 0 radical (unpaired) electrons. The summed E-state index contributed by atoms with van der Waals surface area (Å²) in [5.41, 5.74) is 0.376. The van der Waals surface area contributed by atoms with Gasteiger partial charge in [-0.25, -0.2) is 0 Å². The maximum atomic E-state index is 12.4. The number of amides is 1. The monoisotopic (exact) mass is 263 g/mol. The Hall–Kier alpha value is -1.60. The maximum Gasteiger partial charge on any atom is 0.258 e. The molecule has 1 aliphatic carbocycles. The van der Waals surface area contributed by atoms with Crippen molar-refractivity contribution in [3.63, 3.8) is 0 Å². The summed E-state index contributed by atoms with van der Waals surface area (Å²) in [7, 11) is 0. The van der Waals surface area contributed by atoms with Crippen molar-refractivity contribution in [2.45, 2.75) is 31.7 Å². The van der Waals surface area contributed by atoms with E-state index < -0.39 is 0 Å². The third-order valence-electron chi connectivity index (χ3n) is 3.27. The van der Waals surface area contributed by atoms with Gasteiger partial charge in [-0.15, -0.1) is 0 Å². The molecule has 1 saturated carbocycles. The van der Waals surface area contributed by atoms with E-state index in [1.807, 2.05) is 0 Å². The molecule has 0 aliphatic heterocycles. The minimum Gasteiger partial charge on any atom is -0.322 e. The lowest BCUT2D eigenvalue weighted by Crippen LogP contribution is -2.39. The van der Waals surface area contributed by atoms with Crippen molar-refractivity contribution in [2.75, 3.05) is 6.54 Å². The lowest BCUT2D eigenvalue weighted by atomic mass is 10.1. The van der Waals surface area contributed by atoms with E-state index in [4.69, 9.17) is 16.9 Å². The highest BCUT2D eigenvalue weighted by atomic mass is 35.5. The minimum atomic E-state index is -0.193. The van der Waals surface area contributed by atoms with E-state index in [-0.39, 0.29) is 18.5 Å². The first-order valence-electron chi connectivity index (χ1n) is 6.01. The fourth-order valence-corrected chi connectivity index (χ4v) is 2.53. The molecule has 0 N–H and O–H groups in total. The number of pyridine rings is 1. The molecule has 0 aromatic carbocycles. The van der Waals surface area contributed by atoms with Crippen LogP contribution in [-0.2, 0) is 0 Å². The van der Waals surface area contributed by atoms with Crippen LogP contribution in [0.1, 0.15) is 36.0 Å². The second kappa shape index (κ2) is 5.83. The summed E-state index contributed by atoms with van der Waals surface area (Å²) >= 11 is 6.00. The molecule has 18 heavy (non-hydrogen) atoms. The molecule has 94 valence electrons. The predicted molar refractivity (Wildman–Crippen MR) is 68.2 cm³/mol. The van der Waals surface area contributed by atoms with Gasteiger partial charge in [0.2, 0.25) is 0 Å². The largest absolute Gasteiger partial charge is 0.322 e. The molecule has 1 aromatic heterocycles. The molecule has 1 amide bonds. The fourth-order valence-electron chi connectivity index (χ4n) is 2.35. The topological polar surface area (TPSA) is 57.0 Å². The molecule has 5 heteroatoms. The van der Waals surface area contributed by atoms with Gasteiger partial charge >= 0.3 is 0 Å². The summed E-state index contributed by atoms with van der Waals surface area (Å²) in [6.45, 7) is 0.106. The van der Waals surface area contributed by atoms with E-state index in [9.17, 15) is 4.79 Å². The second-order valence-electron chi connectivity index (χ2n) is 4.38. The Labute approximate surface area is 111 Å². The molecule has 2 rings (SSSR count). The van der Waals surface area contributed by atoms with Crippen LogP contribution in [0.25, 0.3) is 0 Å². The van der Waals surface area contributed by atoms with Crippen LogP contribution in [0.3, 0.4) is 0 Å². The summed E-state index contributed by atoms with van der Waals surface area (Å²) in [4.78, 5) is 17.9. The van der Waals surface area contributed by atoms with Crippen LogP contribution in [0.4, 0.5) is 0 Å². The number of carbonyl (C=O) groups excluding carboxylic acids is 1. The van der Waals surface area contributed by atoms with Gasteiger partial charge in [0.05, 0.1) is 16.7 Å². The predicted octanol–water partition coefficient (Wildman–Crippen LogP) is 2.64. The van der Waals surface area contributed by atoms with Crippen molar-refractivity contribution in [1.29, 1.82) is 5.26 Å². The van der Waals surface area contributed by atoms with Crippen LogP contribution in [0.15, 0.2) is 18.5 Å². The van der Waals surface area contributed by atoms with Gasteiger partial charge in [-0.2, -0.15) is 5.26 Å². The van der Waals surface area contributed by atoms with Gasteiger partial charge in [-0.3, -0.25) is 9.78 Å². The summed E-state index contributed by atoms with van der Waals surface area (Å²) in [5.74, 6) is -0.193. The van der Waals surface area contributed by atoms with Crippen molar-refractivity contribution >= 4 is 17.5 Å². The van der Waals surface area contributed by atoms with E-state index in [1.165, 1.54) is 6.20 Å². The standard InChI is InChI=1S/C13H14ClN3O/c14-12-5-7-16-9-11(12)13(18)17(8-6-15)10-3-1-2-4-10/h5,7,9-10H,1-4,8H2. The molecule has 0 saturated heterocycles. The second-order valence-corrected chi connectivity index (χ2v) is 4.79. The van der Waals surface area contributed by atoms with Crippen molar-refractivity contribution in [1.82, 2.24) is 9.88 Å². The van der Waals surface area contributed by atoms with Crippen LogP contribution in [0.5, 0.6) is 0 Å². The molecular formula is C13H14ClN3O. The van der Waals surface area contributed by atoms with Crippen LogP contribution in [0.2, 0.25) is 5.02 Å². The van der Waals surface area contributed by atoms with Gasteiger partial charge < -0.3 is 4.90 Å². The van der Waals surface area contributed by atoms with E-state index in [2.05, 4.69) is 11.1 Å². The summed E-state index contributed by atoms with van der Waals surface area (Å²) in [6, 6.07) is 3.81. The normalized spacial score (nSPS) is 15.3. The Bertz CT molecular complexity index is 477. The third kappa shape index (κ3) is 2.62. The molecule has 0 bridgehead atoms. The van der Waals surface area contributed by atoms with Gasteiger partial charge in [0.15, 0.2) is 0 Å². The van der Waals surface area contributed by atoms with Crippen LogP contribution in [-0.4, -0.2) is 28.4 Å². The Morgan fingerprint density at radius 3 is 2.89 bits per heavy atom. The third-order valence-corrected chi connectivity index (χ3v) is 3.60. The number of nitriles is 1. The number of hydrogen-bond donors (Lipinski definition) is 0. The zero-order valence-electron chi connectivity index (χ0n) is 9.97. The average Bonchev–Trinajstić information content (AvgIpc) is 2.89. The van der Waals surface area contributed by atoms with Gasteiger partial charge in [0, 0.05) is 18.4 Å². The highest BCUT2D eigenvalue weighted by Gasteiger charge is 2.28. The Morgan fingerprint density at radius 2 is 2.28 bits per heavy atom. The first-order chi connectivity index (χ1) is 8.74. The van der Waals surface area contributed by atoms with E-state index in [0.717, 1.165) is 25.7 Å². The molecule has 0 unspecified atom stereocenters. The maximum absolute atomic E-state index is 12.4. The van der Waals surface area contributed by atoms with E-state index >= 15 is 0 Å². The van der Waals surface area contributed by atoms with Crippen LogP contribution in [0, 0.1) is 11.3 Å². The van der Waals surface area contributed by atoms with Gasteiger partial charge in [0.25, 0.3) is 5.91 Å². The van der Waals surface area contributed by atoms with E-state index in [1.54, 1.807) is 17.2 Å². The molecule has 1 heterocycles. The quantitative estimate of drug-likeness (QED) is 0.788. The number of carbonyl (C=O) groups is 1. The van der Waals surface area contributed by atoms with Crippen molar-refractivity contribution < 1.29 is 4.79 Å². The molecule has 0 spiro atoms. The SMILES string of the molecule is N#CCN(C(=O)c1cnccc1Cl)C1CCCC1. The van der Waals surface area contributed by atoms with Crippen LogP contribution >= 0.6 is 11.6 Å². The molecule has 1 aromatic rings. The first kappa shape index (κ1) is 12.8. The Morgan fingerprint density at radius 1 is 1.56 bits per heavy atom. The highest BCUT2D eigenvalue weighted by Crippen LogP contribution is 2.26. The summed E-state index contributed by atoms with van der Waals surface area (Å²) in [5, 5.41) is 9.25. The van der Waals surface area contributed by atoms with E-state index in [0.29, 0.717) is 10.6 Å². The smallest absolute Gasteiger partial charge is 0.258 e. The fraction of sp³-hybridized carbons (Fsp3) is 0.462. The van der Waals surface area contributed by atoms with Crippen LogP contribution < -0.4 is 0 Å². The lowest BCUT2D eigenvalue weighted by molar-refractivity contribution is 0.0709. The Kier molecular flexibility index (Phi) is 4.16. The molecular weight excluding hydrogens is 250 g/mol. The molecule has 4 nitrogen and oxygen atoms in total. The Balaban J connectivity index is 2.23. The number of nitrogens with zero attached hydrogens (tertiary/aromatic N) is 3. The summed E-state index contributed by atoms with van der Waals surface area (Å²) in [6.07, 6.45) is 7.16. The van der Waals surface area contributed by atoms with Crippen molar-refractivity contribution in [2.24, 2.45) is 0 Å². The summed E-state index contributed by atoms with van der Waals surface area (Å²) < 4.78 is 0. The average molecular weight is 264 g/mol.